The molecule has 0 aliphatic heterocycles. The highest BCUT2D eigenvalue weighted by Crippen LogP contribution is 2.48. The minimum atomic E-state index is -0.0449. The zero-order valence-electron chi connectivity index (χ0n) is 30.6. The van der Waals surface area contributed by atoms with Crippen molar-refractivity contribution in [3.05, 3.63) is 126 Å². The van der Waals surface area contributed by atoms with Crippen molar-refractivity contribution in [3.8, 4) is 39.8 Å². The van der Waals surface area contributed by atoms with Gasteiger partial charge in [-0.1, -0.05) is 97.0 Å². The van der Waals surface area contributed by atoms with Crippen molar-refractivity contribution in [1.82, 2.24) is 14.5 Å². The average Bonchev–Trinajstić information content (AvgIpc) is 3.84. The third-order valence-electron chi connectivity index (χ3n) is 10.2. The highest BCUT2D eigenvalue weighted by atomic mass is 16.5. The second-order valence-corrected chi connectivity index (χ2v) is 15.5. The molecule has 52 heavy (non-hydrogen) atoms. The number of rotatable bonds is 7. The monoisotopic (exact) mass is 683 g/mol. The molecule has 0 N–H and O–H groups in total. The normalized spacial score (nSPS) is 12.5. The van der Waals surface area contributed by atoms with Gasteiger partial charge in [-0.2, -0.15) is 0 Å². The molecular weight excluding hydrogens is 643 g/mol. The van der Waals surface area contributed by atoms with Gasteiger partial charge in [0.05, 0.1) is 33.2 Å². The van der Waals surface area contributed by atoms with Crippen molar-refractivity contribution < 1.29 is 13.6 Å². The fourth-order valence-corrected chi connectivity index (χ4v) is 7.56. The molecule has 6 heteroatoms. The Morgan fingerprint density at radius 1 is 0.692 bits per heavy atom. The molecule has 0 saturated heterocycles. The molecule has 4 heterocycles. The zero-order valence-corrected chi connectivity index (χ0v) is 30.6. The van der Waals surface area contributed by atoms with Crippen LogP contribution in [0.4, 0.5) is 0 Å². The van der Waals surface area contributed by atoms with Crippen molar-refractivity contribution in [2.75, 3.05) is 0 Å². The van der Waals surface area contributed by atoms with Crippen LogP contribution in [0, 0.1) is 0 Å². The smallest absolute Gasteiger partial charge is 0.181 e. The van der Waals surface area contributed by atoms with Gasteiger partial charge in [-0.05, 0) is 88.5 Å². The molecule has 0 aliphatic carbocycles. The maximum Gasteiger partial charge on any atom is 0.181 e. The van der Waals surface area contributed by atoms with E-state index in [2.05, 4.69) is 114 Å². The molecule has 0 amide bonds. The van der Waals surface area contributed by atoms with E-state index in [4.69, 9.17) is 23.5 Å². The van der Waals surface area contributed by atoms with Crippen molar-refractivity contribution in [2.45, 2.75) is 65.7 Å². The molecule has 0 radical (unpaired) electrons. The fraction of sp³-hybridized carbons (Fsp3) is 0.217. The molecule has 0 spiro atoms. The predicted molar refractivity (Wildman–Crippen MR) is 211 cm³/mol. The summed E-state index contributed by atoms with van der Waals surface area (Å²) in [5.41, 5.74) is 12.5. The van der Waals surface area contributed by atoms with Crippen LogP contribution in [0.5, 0.6) is 11.5 Å². The molecule has 4 aromatic heterocycles. The van der Waals surface area contributed by atoms with E-state index in [9.17, 15) is 0 Å². The van der Waals surface area contributed by atoms with Gasteiger partial charge in [0.1, 0.15) is 28.3 Å². The van der Waals surface area contributed by atoms with E-state index in [-0.39, 0.29) is 5.41 Å². The van der Waals surface area contributed by atoms with E-state index in [1.807, 2.05) is 48.7 Å². The van der Waals surface area contributed by atoms with Crippen LogP contribution in [0.3, 0.4) is 0 Å². The number of imidazole rings is 1. The highest BCUT2D eigenvalue weighted by molar-refractivity contribution is 6.24. The predicted octanol–water partition coefficient (Wildman–Crippen LogP) is 13.2. The summed E-state index contributed by atoms with van der Waals surface area (Å²) in [4.78, 5) is 10.1. The number of ether oxygens (including phenoxy) is 1. The van der Waals surface area contributed by atoms with E-state index < -0.39 is 0 Å². The first kappa shape index (κ1) is 32.1. The first-order valence-electron chi connectivity index (χ1n) is 18.1. The van der Waals surface area contributed by atoms with E-state index in [0.29, 0.717) is 28.9 Å². The largest absolute Gasteiger partial charge is 0.455 e. The van der Waals surface area contributed by atoms with Crippen LogP contribution in [-0.4, -0.2) is 14.5 Å². The number of benzene rings is 5. The van der Waals surface area contributed by atoms with Crippen LogP contribution in [0.25, 0.3) is 72.5 Å². The third kappa shape index (κ3) is 5.08. The van der Waals surface area contributed by atoms with Gasteiger partial charge in [-0.25, -0.2) is 4.98 Å². The Kier molecular flexibility index (Phi) is 7.30. The standard InChI is InChI=1S/C46H41N3O3/c1-26(2)31-15-11-16-32(27(3)4)42(31)49-36-18-9-8-17-34(36)48-45(49)28-13-10-14-30(23-28)50-39-25-33(35-24-29(21-22-47-35)46(5,6)7)43-41-40-37(51-43)19-12-20-38(40)52-44(39)41/h8-27H,1-7H3. The van der Waals surface area contributed by atoms with Gasteiger partial charge in [0, 0.05) is 17.3 Å². The number of hydrogen-bond acceptors (Lipinski definition) is 5. The number of para-hydroxylation sites is 3. The third-order valence-corrected chi connectivity index (χ3v) is 10.2. The van der Waals surface area contributed by atoms with Gasteiger partial charge in [-0.3, -0.25) is 9.55 Å². The lowest BCUT2D eigenvalue weighted by Crippen LogP contribution is -2.11. The van der Waals surface area contributed by atoms with Crippen molar-refractivity contribution in [1.29, 1.82) is 0 Å². The molecule has 0 saturated carbocycles. The molecule has 5 aromatic carbocycles. The Balaban J connectivity index is 1.23. The summed E-state index contributed by atoms with van der Waals surface area (Å²) in [6, 6.07) is 35.4. The van der Waals surface area contributed by atoms with Gasteiger partial charge in [-0.15, -0.1) is 0 Å². The van der Waals surface area contributed by atoms with E-state index >= 15 is 0 Å². The van der Waals surface area contributed by atoms with E-state index in [0.717, 1.165) is 61.2 Å². The quantitative estimate of drug-likeness (QED) is 0.167. The van der Waals surface area contributed by atoms with Gasteiger partial charge >= 0.3 is 0 Å². The first-order chi connectivity index (χ1) is 25.1. The van der Waals surface area contributed by atoms with E-state index in [1.54, 1.807) is 0 Å². The van der Waals surface area contributed by atoms with Gasteiger partial charge in [0.15, 0.2) is 11.3 Å². The molecule has 0 atom stereocenters. The van der Waals surface area contributed by atoms with Crippen molar-refractivity contribution in [2.24, 2.45) is 0 Å². The Morgan fingerprint density at radius 2 is 1.38 bits per heavy atom. The molecule has 0 fully saturated rings. The Hall–Kier alpha value is -5.88. The highest BCUT2D eigenvalue weighted by Gasteiger charge is 2.27. The maximum absolute atomic E-state index is 6.85. The van der Waals surface area contributed by atoms with E-state index in [1.165, 1.54) is 22.4 Å². The number of fused-ring (bicyclic) bond motifs is 1. The van der Waals surface area contributed by atoms with Crippen LogP contribution < -0.4 is 4.74 Å². The lowest BCUT2D eigenvalue weighted by molar-refractivity contribution is 0.476. The summed E-state index contributed by atoms with van der Waals surface area (Å²) in [5.74, 6) is 2.79. The molecule has 6 nitrogen and oxygen atoms in total. The number of hydrogen-bond donors (Lipinski definition) is 0. The zero-order chi connectivity index (χ0) is 35.9. The van der Waals surface area contributed by atoms with Crippen LogP contribution in [0.1, 0.15) is 77.0 Å². The Morgan fingerprint density at radius 3 is 2.12 bits per heavy atom. The van der Waals surface area contributed by atoms with Crippen LogP contribution in [0.2, 0.25) is 0 Å². The van der Waals surface area contributed by atoms with Gasteiger partial charge in [0.25, 0.3) is 0 Å². The number of furan rings is 2. The summed E-state index contributed by atoms with van der Waals surface area (Å²) >= 11 is 0. The van der Waals surface area contributed by atoms with Crippen LogP contribution in [0.15, 0.2) is 118 Å². The van der Waals surface area contributed by atoms with Crippen LogP contribution >= 0.6 is 0 Å². The number of nitrogens with zero attached hydrogens (tertiary/aromatic N) is 3. The second kappa shape index (κ2) is 11.8. The Bertz CT molecular complexity index is 2740. The molecule has 0 bridgehead atoms. The minimum Gasteiger partial charge on any atom is -0.455 e. The molecular formula is C46H41N3O3. The average molecular weight is 684 g/mol. The number of aromatic nitrogens is 3. The summed E-state index contributed by atoms with van der Waals surface area (Å²) < 4.78 is 22.2. The molecule has 258 valence electrons. The second-order valence-electron chi connectivity index (χ2n) is 15.5. The first-order valence-corrected chi connectivity index (χ1v) is 18.1. The Labute approximate surface area is 303 Å². The van der Waals surface area contributed by atoms with Crippen molar-refractivity contribution >= 4 is 44.1 Å². The number of pyridine rings is 1. The molecule has 9 aromatic rings. The topological polar surface area (TPSA) is 66.2 Å². The molecule has 0 unspecified atom stereocenters. The van der Waals surface area contributed by atoms with Gasteiger partial charge < -0.3 is 13.6 Å². The summed E-state index contributed by atoms with van der Waals surface area (Å²) in [7, 11) is 0. The minimum absolute atomic E-state index is 0.0449. The summed E-state index contributed by atoms with van der Waals surface area (Å²) in [6.45, 7) is 15.7. The lowest BCUT2D eigenvalue weighted by Gasteiger charge is -2.22. The molecule has 0 aliphatic rings. The SMILES string of the molecule is CC(C)c1cccc(C(C)C)c1-n1c(-c2cccc(Oc3cc(-c4cc(C(C)(C)C)ccn4)c4oc5cccc6oc3c4c65)c2)nc2ccccc21. The van der Waals surface area contributed by atoms with Crippen LogP contribution in [-0.2, 0) is 5.41 Å². The summed E-state index contributed by atoms with van der Waals surface area (Å²) in [6.07, 6.45) is 1.87. The maximum atomic E-state index is 6.85. The molecule has 9 rings (SSSR count). The van der Waals surface area contributed by atoms with Crippen molar-refractivity contribution in [3.63, 3.8) is 0 Å². The fourth-order valence-electron chi connectivity index (χ4n) is 7.56. The summed E-state index contributed by atoms with van der Waals surface area (Å²) in [5, 5.41) is 1.86. The van der Waals surface area contributed by atoms with Gasteiger partial charge in [0.2, 0.25) is 0 Å². The lowest BCUT2D eigenvalue weighted by atomic mass is 9.87.